The second kappa shape index (κ2) is 9.41. The lowest BCUT2D eigenvalue weighted by atomic mass is 9.90. The Morgan fingerprint density at radius 3 is 2.73 bits per heavy atom. The number of amides is 1. The van der Waals surface area contributed by atoms with Crippen molar-refractivity contribution >= 4 is 22.8 Å². The summed E-state index contributed by atoms with van der Waals surface area (Å²) in [5, 5.41) is 3.72. The molecule has 1 amide bonds. The van der Waals surface area contributed by atoms with Crippen LogP contribution in [0.5, 0.6) is 0 Å². The van der Waals surface area contributed by atoms with Crippen molar-refractivity contribution in [1.29, 1.82) is 0 Å². The predicted octanol–water partition coefficient (Wildman–Crippen LogP) is 4.67. The molecule has 2 aliphatic rings. The minimum atomic E-state index is -0.830. The number of carbonyl (C=O) groups is 2. The number of nitrogens with one attached hydrogen (secondary N) is 1. The summed E-state index contributed by atoms with van der Waals surface area (Å²) in [6.07, 6.45) is 10.9. The Hall–Kier alpha value is -2.69. The zero-order valence-electron chi connectivity index (χ0n) is 17.7. The number of esters is 1. The molecule has 2 aromatic rings. The van der Waals surface area contributed by atoms with Crippen LogP contribution in [-0.2, 0) is 22.4 Å². The predicted molar refractivity (Wildman–Crippen MR) is 117 cm³/mol. The smallest absolute Gasteiger partial charge is 0.339 e. The molecule has 158 valence electrons. The van der Waals surface area contributed by atoms with Crippen molar-refractivity contribution in [3.05, 3.63) is 52.7 Å². The molecule has 5 heteroatoms. The number of rotatable bonds is 6. The number of fused-ring (bicyclic) bond motifs is 2. The number of pyridine rings is 1. The van der Waals surface area contributed by atoms with Gasteiger partial charge in [0, 0.05) is 17.6 Å². The van der Waals surface area contributed by atoms with Gasteiger partial charge in [-0.15, -0.1) is 0 Å². The van der Waals surface area contributed by atoms with E-state index in [4.69, 9.17) is 9.72 Å². The van der Waals surface area contributed by atoms with E-state index >= 15 is 0 Å². The number of ether oxygens (including phenoxy) is 1. The van der Waals surface area contributed by atoms with Crippen LogP contribution in [0.3, 0.4) is 0 Å². The molecule has 0 bridgehead atoms. The van der Waals surface area contributed by atoms with Crippen LogP contribution < -0.4 is 5.32 Å². The fourth-order valence-electron chi connectivity index (χ4n) is 4.50. The molecule has 4 rings (SSSR count). The van der Waals surface area contributed by atoms with Crippen molar-refractivity contribution in [3.8, 4) is 0 Å². The number of carbonyl (C=O) groups excluding carboxylic acids is 2. The molecule has 5 nitrogen and oxygen atoms in total. The summed E-state index contributed by atoms with van der Waals surface area (Å²) in [6.45, 7) is 2.23. The lowest BCUT2D eigenvalue weighted by Gasteiger charge is -2.21. The van der Waals surface area contributed by atoms with Gasteiger partial charge < -0.3 is 10.1 Å². The maximum Gasteiger partial charge on any atom is 0.339 e. The lowest BCUT2D eigenvalue weighted by Crippen LogP contribution is -2.36. The average Bonchev–Trinajstić information content (AvgIpc) is 2.77. The highest BCUT2D eigenvalue weighted by molar-refractivity contribution is 6.05. The van der Waals surface area contributed by atoms with Crippen molar-refractivity contribution in [3.63, 3.8) is 0 Å². The zero-order valence-corrected chi connectivity index (χ0v) is 17.7. The summed E-state index contributed by atoms with van der Waals surface area (Å²) in [7, 11) is 0. The maximum absolute atomic E-state index is 13.1. The van der Waals surface area contributed by atoms with E-state index in [0.29, 0.717) is 12.1 Å². The Balaban J connectivity index is 1.45. The number of hydrogen-bond acceptors (Lipinski definition) is 4. The molecule has 0 radical (unpaired) electrons. The number of aromatic nitrogens is 1. The van der Waals surface area contributed by atoms with Gasteiger partial charge in [-0.05, 0) is 76.3 Å². The second-order valence-electron chi connectivity index (χ2n) is 8.33. The highest BCUT2D eigenvalue weighted by atomic mass is 16.5. The van der Waals surface area contributed by atoms with Crippen LogP contribution in [0, 0.1) is 0 Å². The van der Waals surface area contributed by atoms with E-state index in [1.165, 1.54) is 18.4 Å². The molecule has 1 aromatic carbocycles. The van der Waals surface area contributed by atoms with E-state index in [0.717, 1.165) is 67.1 Å². The van der Waals surface area contributed by atoms with Gasteiger partial charge in [0.05, 0.1) is 11.1 Å². The molecule has 2 aliphatic carbocycles. The molecule has 0 spiro atoms. The quantitative estimate of drug-likeness (QED) is 0.559. The summed E-state index contributed by atoms with van der Waals surface area (Å²) < 4.78 is 5.62. The van der Waals surface area contributed by atoms with Crippen LogP contribution in [-0.4, -0.2) is 29.5 Å². The minimum absolute atomic E-state index is 0.244. The third-order valence-corrected chi connectivity index (χ3v) is 6.16. The van der Waals surface area contributed by atoms with Gasteiger partial charge in [-0.3, -0.25) is 9.78 Å². The fraction of sp³-hybridized carbons (Fsp3) is 0.480. The van der Waals surface area contributed by atoms with Crippen LogP contribution in [0.2, 0.25) is 0 Å². The van der Waals surface area contributed by atoms with Crippen LogP contribution >= 0.6 is 0 Å². The first-order valence-corrected chi connectivity index (χ1v) is 11.2. The normalized spacial score (nSPS) is 17.0. The molecule has 0 aliphatic heterocycles. The van der Waals surface area contributed by atoms with Crippen molar-refractivity contribution in [2.24, 2.45) is 0 Å². The molecule has 0 saturated carbocycles. The van der Waals surface area contributed by atoms with Gasteiger partial charge in [0.1, 0.15) is 0 Å². The summed E-state index contributed by atoms with van der Waals surface area (Å²) in [5.41, 5.74) is 4.79. The van der Waals surface area contributed by atoms with Crippen LogP contribution in [0.1, 0.15) is 73.5 Å². The number of benzene rings is 1. The monoisotopic (exact) mass is 406 g/mol. The first-order valence-electron chi connectivity index (χ1n) is 11.2. The average molecular weight is 407 g/mol. The Kier molecular flexibility index (Phi) is 6.46. The molecule has 0 fully saturated rings. The van der Waals surface area contributed by atoms with E-state index in [1.807, 2.05) is 24.3 Å². The van der Waals surface area contributed by atoms with Gasteiger partial charge in [0.25, 0.3) is 5.91 Å². The highest BCUT2D eigenvalue weighted by Crippen LogP contribution is 2.30. The zero-order chi connectivity index (χ0) is 20.9. The van der Waals surface area contributed by atoms with E-state index in [-0.39, 0.29) is 5.91 Å². The van der Waals surface area contributed by atoms with E-state index in [1.54, 1.807) is 6.92 Å². The summed E-state index contributed by atoms with van der Waals surface area (Å²) in [6, 6.07) is 7.68. The van der Waals surface area contributed by atoms with E-state index < -0.39 is 12.1 Å². The topological polar surface area (TPSA) is 68.3 Å². The third-order valence-electron chi connectivity index (χ3n) is 6.16. The summed E-state index contributed by atoms with van der Waals surface area (Å²) in [4.78, 5) is 30.4. The number of nitrogens with zero attached hydrogens (tertiary/aromatic N) is 1. The van der Waals surface area contributed by atoms with Gasteiger partial charge in [-0.1, -0.05) is 29.8 Å². The van der Waals surface area contributed by atoms with Crippen LogP contribution in [0.4, 0.5) is 0 Å². The largest absolute Gasteiger partial charge is 0.449 e. The molecular weight excluding hydrogens is 376 g/mol. The van der Waals surface area contributed by atoms with Crippen molar-refractivity contribution in [2.75, 3.05) is 6.54 Å². The fourth-order valence-corrected chi connectivity index (χ4v) is 4.50. The first kappa shape index (κ1) is 20.6. The summed E-state index contributed by atoms with van der Waals surface area (Å²) >= 11 is 0. The summed E-state index contributed by atoms with van der Waals surface area (Å²) in [5.74, 6) is -0.670. The molecule has 1 atom stereocenters. The van der Waals surface area contributed by atoms with E-state index in [9.17, 15) is 9.59 Å². The van der Waals surface area contributed by atoms with Crippen molar-refractivity contribution in [1.82, 2.24) is 10.3 Å². The number of allylic oxidation sites excluding steroid dienone is 1. The maximum atomic E-state index is 13.1. The number of para-hydroxylation sites is 1. The Morgan fingerprint density at radius 2 is 1.90 bits per heavy atom. The molecule has 0 unspecified atom stereocenters. The molecule has 1 aromatic heterocycles. The second-order valence-corrected chi connectivity index (χ2v) is 8.33. The number of hydrogen-bond donors (Lipinski definition) is 1. The lowest BCUT2D eigenvalue weighted by molar-refractivity contribution is -0.129. The molecule has 1 N–H and O–H groups in total. The van der Waals surface area contributed by atoms with Gasteiger partial charge in [0.15, 0.2) is 6.10 Å². The van der Waals surface area contributed by atoms with Gasteiger partial charge >= 0.3 is 5.97 Å². The molecule has 1 heterocycles. The number of aryl methyl sites for hydroxylation is 1. The van der Waals surface area contributed by atoms with Crippen LogP contribution in [0.25, 0.3) is 10.9 Å². The van der Waals surface area contributed by atoms with Gasteiger partial charge in [0.2, 0.25) is 0 Å². The minimum Gasteiger partial charge on any atom is -0.449 e. The highest BCUT2D eigenvalue weighted by Gasteiger charge is 2.26. The standard InChI is InChI=1S/C25H30N2O3/c1-17(24(28)26-16-15-18-9-3-2-4-10-18)30-25(29)23-19-11-5-7-13-21(19)27-22-14-8-6-12-20(22)23/h5,7,9,11,13,17H,2-4,6,8,10,12,14-16H2,1H3,(H,26,28)/t17-/m0/s1. The van der Waals surface area contributed by atoms with E-state index in [2.05, 4.69) is 11.4 Å². The SMILES string of the molecule is C[C@H](OC(=O)c1c2c(nc3ccccc13)CCCC2)C(=O)NCCC1=CCCCC1. The third kappa shape index (κ3) is 4.55. The van der Waals surface area contributed by atoms with Crippen LogP contribution in [0.15, 0.2) is 35.9 Å². The Labute approximate surface area is 177 Å². The molecule has 0 saturated heterocycles. The molecule has 30 heavy (non-hydrogen) atoms. The first-order chi connectivity index (χ1) is 14.6. The van der Waals surface area contributed by atoms with Gasteiger partial charge in [-0.2, -0.15) is 0 Å². The van der Waals surface area contributed by atoms with Gasteiger partial charge in [-0.25, -0.2) is 4.79 Å². The Bertz CT molecular complexity index is 980. The molecular formula is C25H30N2O3. The van der Waals surface area contributed by atoms with Crippen molar-refractivity contribution in [2.45, 2.75) is 70.8 Å². The Morgan fingerprint density at radius 1 is 1.10 bits per heavy atom. The van der Waals surface area contributed by atoms with Crippen molar-refractivity contribution < 1.29 is 14.3 Å².